The van der Waals surface area contributed by atoms with Gasteiger partial charge in [0, 0.05) is 23.3 Å². The average Bonchev–Trinajstić information content (AvgIpc) is 2.62. The number of rotatable bonds is 3. The van der Waals surface area contributed by atoms with Gasteiger partial charge in [0.15, 0.2) is 0 Å². The highest BCUT2D eigenvalue weighted by Gasteiger charge is 2.38. The third kappa shape index (κ3) is 2.11. The Morgan fingerprint density at radius 1 is 1.50 bits per heavy atom. The predicted octanol–water partition coefficient (Wildman–Crippen LogP) is 1.31. The van der Waals surface area contributed by atoms with Crippen LogP contribution in [0, 0.1) is 6.92 Å². The predicted molar refractivity (Wildman–Crippen MR) is 66.4 cm³/mol. The van der Waals surface area contributed by atoms with Crippen LogP contribution in [-0.2, 0) is 5.41 Å². The quantitative estimate of drug-likeness (QED) is 0.833. The third-order valence-electron chi connectivity index (χ3n) is 3.60. The highest BCUT2D eigenvalue weighted by atomic mass is 15.1. The van der Waals surface area contributed by atoms with E-state index in [-0.39, 0.29) is 5.41 Å². The first-order chi connectivity index (χ1) is 7.66. The van der Waals surface area contributed by atoms with Gasteiger partial charge in [-0.1, -0.05) is 6.07 Å². The smallest absolute Gasteiger partial charge is 0.0482 e. The molecule has 1 aromatic rings. The molecule has 88 valence electrons. The van der Waals surface area contributed by atoms with Crippen molar-refractivity contribution < 1.29 is 0 Å². The lowest BCUT2D eigenvalue weighted by Gasteiger charge is -2.28. The number of hydrogen-bond donors (Lipinski definition) is 1. The van der Waals surface area contributed by atoms with Gasteiger partial charge in [0.2, 0.25) is 0 Å². The van der Waals surface area contributed by atoms with E-state index in [9.17, 15) is 0 Å². The SMILES string of the molecule is Cc1cccc(C2(CCN)CCN(C)C2)n1. The van der Waals surface area contributed by atoms with Crippen molar-refractivity contribution >= 4 is 0 Å². The molecule has 1 atom stereocenters. The standard InChI is InChI=1S/C13H21N3/c1-11-4-3-5-12(15-11)13(6-8-14)7-9-16(2)10-13/h3-5H,6-10,14H2,1-2H3. The fourth-order valence-corrected chi connectivity index (χ4v) is 2.74. The van der Waals surface area contributed by atoms with Crippen LogP contribution in [0.4, 0.5) is 0 Å². The molecule has 0 radical (unpaired) electrons. The summed E-state index contributed by atoms with van der Waals surface area (Å²) in [6, 6.07) is 6.31. The van der Waals surface area contributed by atoms with Gasteiger partial charge in [-0.15, -0.1) is 0 Å². The van der Waals surface area contributed by atoms with Gasteiger partial charge in [-0.2, -0.15) is 0 Å². The number of aryl methyl sites for hydroxylation is 1. The zero-order valence-electron chi connectivity index (χ0n) is 10.2. The maximum Gasteiger partial charge on any atom is 0.0482 e. The summed E-state index contributed by atoms with van der Waals surface area (Å²) in [6.45, 7) is 5.03. The summed E-state index contributed by atoms with van der Waals surface area (Å²) in [5.74, 6) is 0. The maximum atomic E-state index is 5.77. The molecule has 1 aromatic heterocycles. The minimum Gasteiger partial charge on any atom is -0.330 e. The summed E-state index contributed by atoms with van der Waals surface area (Å²) in [5.41, 5.74) is 8.28. The summed E-state index contributed by atoms with van der Waals surface area (Å²) in [5, 5.41) is 0. The summed E-state index contributed by atoms with van der Waals surface area (Å²) in [7, 11) is 2.17. The van der Waals surface area contributed by atoms with Crippen LogP contribution in [0.2, 0.25) is 0 Å². The van der Waals surface area contributed by atoms with E-state index in [4.69, 9.17) is 10.7 Å². The number of nitrogens with zero attached hydrogens (tertiary/aromatic N) is 2. The van der Waals surface area contributed by atoms with Gasteiger partial charge in [-0.05, 0) is 52.0 Å². The molecule has 0 aliphatic carbocycles. The highest BCUT2D eigenvalue weighted by Crippen LogP contribution is 2.35. The Balaban J connectivity index is 2.32. The van der Waals surface area contributed by atoms with Gasteiger partial charge < -0.3 is 10.6 Å². The second-order valence-corrected chi connectivity index (χ2v) is 4.97. The molecule has 2 N–H and O–H groups in total. The van der Waals surface area contributed by atoms with Crippen LogP contribution in [0.5, 0.6) is 0 Å². The lowest BCUT2D eigenvalue weighted by molar-refractivity contribution is 0.350. The minimum absolute atomic E-state index is 0.190. The Kier molecular flexibility index (Phi) is 3.26. The molecule has 3 heteroatoms. The average molecular weight is 219 g/mol. The Bertz CT molecular complexity index is 360. The molecule has 0 spiro atoms. The zero-order valence-corrected chi connectivity index (χ0v) is 10.2. The van der Waals surface area contributed by atoms with Crippen LogP contribution in [0.15, 0.2) is 18.2 Å². The molecule has 1 saturated heterocycles. The van der Waals surface area contributed by atoms with E-state index < -0.39 is 0 Å². The molecule has 2 heterocycles. The first-order valence-corrected chi connectivity index (χ1v) is 5.99. The van der Waals surface area contributed by atoms with Crippen LogP contribution >= 0.6 is 0 Å². The summed E-state index contributed by atoms with van der Waals surface area (Å²) >= 11 is 0. The Hall–Kier alpha value is -0.930. The summed E-state index contributed by atoms with van der Waals surface area (Å²) < 4.78 is 0. The fourth-order valence-electron chi connectivity index (χ4n) is 2.74. The second-order valence-electron chi connectivity index (χ2n) is 4.97. The van der Waals surface area contributed by atoms with Crippen molar-refractivity contribution in [3.8, 4) is 0 Å². The summed E-state index contributed by atoms with van der Waals surface area (Å²) in [4.78, 5) is 7.07. The molecule has 3 nitrogen and oxygen atoms in total. The number of pyridine rings is 1. The molecule has 0 aromatic carbocycles. The third-order valence-corrected chi connectivity index (χ3v) is 3.60. The van der Waals surface area contributed by atoms with Crippen LogP contribution in [-0.4, -0.2) is 36.6 Å². The second kappa shape index (κ2) is 4.52. The first-order valence-electron chi connectivity index (χ1n) is 5.99. The summed E-state index contributed by atoms with van der Waals surface area (Å²) in [6.07, 6.45) is 2.21. The van der Waals surface area contributed by atoms with E-state index in [1.165, 1.54) is 12.1 Å². The van der Waals surface area contributed by atoms with E-state index in [0.717, 1.165) is 31.7 Å². The monoisotopic (exact) mass is 219 g/mol. The molecular weight excluding hydrogens is 198 g/mol. The van der Waals surface area contributed by atoms with Crippen molar-refractivity contribution in [1.82, 2.24) is 9.88 Å². The van der Waals surface area contributed by atoms with Gasteiger partial charge in [-0.25, -0.2) is 0 Å². The van der Waals surface area contributed by atoms with Crippen molar-refractivity contribution in [3.05, 3.63) is 29.6 Å². The van der Waals surface area contributed by atoms with Crippen molar-refractivity contribution in [2.45, 2.75) is 25.2 Å². The molecule has 1 aliphatic rings. The number of likely N-dealkylation sites (tertiary alicyclic amines) is 1. The number of nitrogens with two attached hydrogens (primary N) is 1. The van der Waals surface area contributed by atoms with E-state index in [1.807, 2.05) is 0 Å². The van der Waals surface area contributed by atoms with Crippen LogP contribution in [0.1, 0.15) is 24.2 Å². The molecule has 1 unspecified atom stereocenters. The Labute approximate surface area is 97.7 Å². The van der Waals surface area contributed by atoms with Crippen molar-refractivity contribution in [2.24, 2.45) is 5.73 Å². The molecule has 1 fully saturated rings. The molecule has 16 heavy (non-hydrogen) atoms. The Morgan fingerprint density at radius 3 is 2.88 bits per heavy atom. The lowest BCUT2D eigenvalue weighted by Crippen LogP contribution is -2.33. The number of aromatic nitrogens is 1. The number of hydrogen-bond acceptors (Lipinski definition) is 3. The van der Waals surface area contributed by atoms with Crippen molar-refractivity contribution in [1.29, 1.82) is 0 Å². The maximum absolute atomic E-state index is 5.77. The zero-order chi connectivity index (χ0) is 11.6. The van der Waals surface area contributed by atoms with E-state index in [0.29, 0.717) is 0 Å². The topological polar surface area (TPSA) is 42.1 Å². The van der Waals surface area contributed by atoms with Gasteiger partial charge in [-0.3, -0.25) is 4.98 Å². The van der Waals surface area contributed by atoms with E-state index in [2.05, 4.69) is 37.1 Å². The van der Waals surface area contributed by atoms with Gasteiger partial charge >= 0.3 is 0 Å². The lowest BCUT2D eigenvalue weighted by atomic mass is 9.80. The van der Waals surface area contributed by atoms with Crippen molar-refractivity contribution in [2.75, 3.05) is 26.7 Å². The molecule has 0 amide bonds. The van der Waals surface area contributed by atoms with Gasteiger partial charge in [0.1, 0.15) is 0 Å². The van der Waals surface area contributed by atoms with E-state index >= 15 is 0 Å². The normalized spacial score (nSPS) is 26.2. The fraction of sp³-hybridized carbons (Fsp3) is 0.615. The van der Waals surface area contributed by atoms with Crippen LogP contribution in [0.25, 0.3) is 0 Å². The van der Waals surface area contributed by atoms with Crippen LogP contribution < -0.4 is 5.73 Å². The highest BCUT2D eigenvalue weighted by molar-refractivity contribution is 5.22. The van der Waals surface area contributed by atoms with Crippen molar-refractivity contribution in [3.63, 3.8) is 0 Å². The molecule has 2 rings (SSSR count). The molecule has 0 saturated carbocycles. The molecule has 1 aliphatic heterocycles. The van der Waals surface area contributed by atoms with Gasteiger partial charge in [0.05, 0.1) is 0 Å². The first kappa shape index (κ1) is 11.6. The largest absolute Gasteiger partial charge is 0.330 e. The number of likely N-dealkylation sites (N-methyl/N-ethyl adjacent to an activating group) is 1. The molecular formula is C13H21N3. The Morgan fingerprint density at radius 2 is 2.31 bits per heavy atom. The molecule has 0 bridgehead atoms. The van der Waals surface area contributed by atoms with E-state index in [1.54, 1.807) is 0 Å². The van der Waals surface area contributed by atoms with Crippen LogP contribution in [0.3, 0.4) is 0 Å². The minimum atomic E-state index is 0.190. The van der Waals surface area contributed by atoms with Gasteiger partial charge in [0.25, 0.3) is 0 Å².